The van der Waals surface area contributed by atoms with Crippen LogP contribution in [0.4, 0.5) is 10.5 Å². The van der Waals surface area contributed by atoms with Crippen molar-refractivity contribution in [3.8, 4) is 11.1 Å². The molecule has 1 aliphatic rings. The number of nitrogens with one attached hydrogen (secondary N) is 2. The van der Waals surface area contributed by atoms with E-state index in [0.717, 1.165) is 35.2 Å². The standard InChI is InChI=1S/C24H31N3O4S/c1-24(2,3)31-23(28)27-13-11-20(12-14-27)26-22-10-7-18(15-19(22)16-25)17-5-8-21(9-6-17)32(4,29)30/h5-10,15-16,20,25-26H,11-14H2,1-4H3. The first kappa shape index (κ1) is 23.8. The highest BCUT2D eigenvalue weighted by Crippen LogP contribution is 2.27. The number of rotatable bonds is 5. The summed E-state index contributed by atoms with van der Waals surface area (Å²) in [5.41, 5.74) is 2.92. The molecule has 1 amide bonds. The molecule has 2 aromatic rings. The summed E-state index contributed by atoms with van der Waals surface area (Å²) in [5, 5.41) is 11.3. The third-order valence-electron chi connectivity index (χ3n) is 5.33. The number of hydrogen-bond donors (Lipinski definition) is 2. The maximum atomic E-state index is 12.2. The first-order chi connectivity index (χ1) is 15.0. The van der Waals surface area contributed by atoms with Crippen molar-refractivity contribution in [1.82, 2.24) is 4.90 Å². The molecule has 0 atom stereocenters. The Morgan fingerprint density at radius 2 is 1.69 bits per heavy atom. The highest BCUT2D eigenvalue weighted by atomic mass is 32.2. The van der Waals surface area contributed by atoms with Gasteiger partial charge >= 0.3 is 6.09 Å². The molecule has 1 aliphatic heterocycles. The largest absolute Gasteiger partial charge is 0.444 e. The molecule has 0 saturated carbocycles. The summed E-state index contributed by atoms with van der Waals surface area (Å²) in [6, 6.07) is 12.8. The van der Waals surface area contributed by atoms with Crippen molar-refractivity contribution >= 4 is 27.8 Å². The van der Waals surface area contributed by atoms with Crippen molar-refractivity contribution < 1.29 is 17.9 Å². The number of carbonyl (C=O) groups is 1. The van der Waals surface area contributed by atoms with E-state index in [1.807, 2.05) is 39.0 Å². The monoisotopic (exact) mass is 457 g/mol. The van der Waals surface area contributed by atoms with Gasteiger partial charge in [0.2, 0.25) is 0 Å². The molecule has 2 aromatic carbocycles. The van der Waals surface area contributed by atoms with E-state index in [9.17, 15) is 13.2 Å². The number of carbonyl (C=O) groups excluding carboxylic acids is 1. The number of hydrogen-bond acceptors (Lipinski definition) is 6. The van der Waals surface area contributed by atoms with Crippen LogP contribution < -0.4 is 5.32 Å². The Morgan fingerprint density at radius 3 is 2.22 bits per heavy atom. The molecule has 1 fully saturated rings. The predicted octanol–water partition coefficient (Wildman–Crippen LogP) is 4.57. The van der Waals surface area contributed by atoms with Gasteiger partial charge < -0.3 is 20.4 Å². The summed E-state index contributed by atoms with van der Waals surface area (Å²) in [6.07, 6.45) is 3.82. The lowest BCUT2D eigenvalue weighted by atomic mass is 10.0. The summed E-state index contributed by atoms with van der Waals surface area (Å²) < 4.78 is 28.8. The van der Waals surface area contributed by atoms with Gasteiger partial charge in [0.05, 0.1) is 4.90 Å². The van der Waals surface area contributed by atoms with E-state index < -0.39 is 15.4 Å². The van der Waals surface area contributed by atoms with Gasteiger partial charge in [-0.2, -0.15) is 0 Å². The molecule has 3 rings (SSSR count). The fourth-order valence-corrected chi connectivity index (χ4v) is 4.27. The number of anilines is 1. The second kappa shape index (κ2) is 9.32. The van der Waals surface area contributed by atoms with E-state index in [4.69, 9.17) is 10.1 Å². The number of nitrogens with zero attached hydrogens (tertiary/aromatic N) is 1. The van der Waals surface area contributed by atoms with Gasteiger partial charge in [-0.3, -0.25) is 0 Å². The lowest BCUT2D eigenvalue weighted by Gasteiger charge is -2.34. The zero-order chi connectivity index (χ0) is 23.5. The number of ether oxygens (including phenoxy) is 1. The van der Waals surface area contributed by atoms with Gasteiger partial charge in [-0.15, -0.1) is 0 Å². The molecule has 1 heterocycles. The van der Waals surface area contributed by atoms with Gasteiger partial charge in [-0.1, -0.05) is 18.2 Å². The lowest BCUT2D eigenvalue weighted by molar-refractivity contribution is 0.0210. The van der Waals surface area contributed by atoms with Crippen LogP contribution in [0.15, 0.2) is 47.4 Å². The third kappa shape index (κ3) is 6.09. The molecule has 1 saturated heterocycles. The molecule has 0 radical (unpaired) electrons. The van der Waals surface area contributed by atoms with Crippen LogP contribution in [0.2, 0.25) is 0 Å². The summed E-state index contributed by atoms with van der Waals surface area (Å²) in [5.74, 6) is 0. The molecule has 8 heteroatoms. The third-order valence-corrected chi connectivity index (χ3v) is 6.46. The molecule has 0 bridgehead atoms. The van der Waals surface area contributed by atoms with Crippen LogP contribution in [-0.2, 0) is 14.6 Å². The summed E-state index contributed by atoms with van der Waals surface area (Å²) in [4.78, 5) is 14.3. The minimum atomic E-state index is -3.23. The van der Waals surface area contributed by atoms with Crippen LogP contribution in [-0.4, -0.2) is 56.6 Å². The Morgan fingerprint density at radius 1 is 1.09 bits per heavy atom. The van der Waals surface area contributed by atoms with E-state index in [0.29, 0.717) is 13.1 Å². The molecule has 2 N–H and O–H groups in total. The molecule has 0 aliphatic carbocycles. The first-order valence-electron chi connectivity index (χ1n) is 10.7. The van der Waals surface area contributed by atoms with E-state index in [1.165, 1.54) is 12.5 Å². The SMILES string of the molecule is CC(C)(C)OC(=O)N1CCC(Nc2ccc(-c3ccc(S(C)(=O)=O)cc3)cc2C=N)CC1. The van der Waals surface area contributed by atoms with E-state index in [-0.39, 0.29) is 17.0 Å². The zero-order valence-corrected chi connectivity index (χ0v) is 19.8. The smallest absolute Gasteiger partial charge is 0.410 e. The fraction of sp³-hybridized carbons (Fsp3) is 0.417. The van der Waals surface area contributed by atoms with E-state index in [1.54, 1.807) is 29.2 Å². The fourth-order valence-electron chi connectivity index (χ4n) is 3.64. The van der Waals surface area contributed by atoms with Gasteiger partial charge in [0.25, 0.3) is 0 Å². The van der Waals surface area contributed by atoms with Crippen LogP contribution in [0.5, 0.6) is 0 Å². The van der Waals surface area contributed by atoms with Crippen LogP contribution >= 0.6 is 0 Å². The Kier molecular flexibility index (Phi) is 6.93. The molecular formula is C24H31N3O4S. The average Bonchev–Trinajstić information content (AvgIpc) is 2.73. The van der Waals surface area contributed by atoms with Crippen molar-refractivity contribution in [3.05, 3.63) is 48.0 Å². The number of sulfone groups is 1. The molecule has 172 valence electrons. The quantitative estimate of drug-likeness (QED) is 0.641. The number of likely N-dealkylation sites (tertiary alicyclic amines) is 1. The van der Waals surface area contributed by atoms with Crippen molar-refractivity contribution in [2.24, 2.45) is 0 Å². The Hall–Kier alpha value is -2.87. The van der Waals surface area contributed by atoms with Crippen LogP contribution in [0, 0.1) is 5.41 Å². The maximum absolute atomic E-state index is 12.2. The topological polar surface area (TPSA) is 99.6 Å². The Labute approximate surface area is 190 Å². The first-order valence-corrected chi connectivity index (χ1v) is 12.5. The lowest BCUT2D eigenvalue weighted by Crippen LogP contribution is -2.44. The number of benzene rings is 2. The maximum Gasteiger partial charge on any atom is 0.410 e. The summed E-state index contributed by atoms with van der Waals surface area (Å²) in [7, 11) is -3.23. The van der Waals surface area contributed by atoms with Crippen LogP contribution in [0.1, 0.15) is 39.2 Å². The van der Waals surface area contributed by atoms with Crippen molar-refractivity contribution in [3.63, 3.8) is 0 Å². The summed E-state index contributed by atoms with van der Waals surface area (Å²) in [6.45, 7) is 6.83. The average molecular weight is 458 g/mol. The molecular weight excluding hydrogens is 426 g/mol. The van der Waals surface area contributed by atoms with Gasteiger partial charge in [0.15, 0.2) is 9.84 Å². The van der Waals surface area contributed by atoms with Crippen LogP contribution in [0.3, 0.4) is 0 Å². The summed E-state index contributed by atoms with van der Waals surface area (Å²) >= 11 is 0. The van der Waals surface area contributed by atoms with Crippen molar-refractivity contribution in [2.45, 2.75) is 50.2 Å². The number of amides is 1. The predicted molar refractivity (Wildman–Crippen MR) is 127 cm³/mol. The van der Waals surface area contributed by atoms with Gasteiger partial charge in [-0.25, -0.2) is 13.2 Å². The van der Waals surface area contributed by atoms with Gasteiger partial charge in [0, 0.05) is 42.9 Å². The molecule has 0 aromatic heterocycles. The highest BCUT2D eigenvalue weighted by molar-refractivity contribution is 7.90. The van der Waals surface area contributed by atoms with Crippen LogP contribution in [0.25, 0.3) is 11.1 Å². The minimum absolute atomic E-state index is 0.201. The second-order valence-corrected chi connectivity index (χ2v) is 11.1. The van der Waals surface area contributed by atoms with E-state index in [2.05, 4.69) is 5.32 Å². The molecule has 0 unspecified atom stereocenters. The van der Waals surface area contributed by atoms with Gasteiger partial charge in [-0.05, 0) is 69.0 Å². The van der Waals surface area contributed by atoms with E-state index >= 15 is 0 Å². The zero-order valence-electron chi connectivity index (χ0n) is 19.0. The normalized spacial score (nSPS) is 15.3. The highest BCUT2D eigenvalue weighted by Gasteiger charge is 2.27. The Bertz CT molecular complexity index is 1080. The number of piperidine rings is 1. The molecule has 0 spiro atoms. The minimum Gasteiger partial charge on any atom is -0.444 e. The Balaban J connectivity index is 1.66. The second-order valence-electron chi connectivity index (χ2n) is 9.13. The molecule has 32 heavy (non-hydrogen) atoms. The van der Waals surface area contributed by atoms with Gasteiger partial charge in [0.1, 0.15) is 5.60 Å². The van der Waals surface area contributed by atoms with Crippen molar-refractivity contribution in [2.75, 3.05) is 24.7 Å². The molecule has 7 nitrogen and oxygen atoms in total. The van der Waals surface area contributed by atoms with Crippen molar-refractivity contribution in [1.29, 1.82) is 5.41 Å².